The summed E-state index contributed by atoms with van der Waals surface area (Å²) in [4.78, 5) is 65.1. The fourth-order valence-electron chi connectivity index (χ4n) is 4.98. The molecule has 1 saturated heterocycles. The van der Waals surface area contributed by atoms with E-state index >= 15 is 0 Å². The molecule has 0 spiro atoms. The Morgan fingerprint density at radius 1 is 0.804 bits per heavy atom. The summed E-state index contributed by atoms with van der Waals surface area (Å²) in [6, 6.07) is 22.6. The van der Waals surface area contributed by atoms with Crippen LogP contribution in [0.3, 0.4) is 0 Å². The number of alkyl carbamates (subject to hydrolysis) is 1. The molecule has 3 aromatic carbocycles. The number of hydrogen-bond acceptors (Lipinski definition) is 8. The van der Waals surface area contributed by atoms with E-state index in [4.69, 9.17) is 14.2 Å². The normalized spacial score (nSPS) is 17.1. The summed E-state index contributed by atoms with van der Waals surface area (Å²) in [6.45, 7) is 1.82. The summed E-state index contributed by atoms with van der Waals surface area (Å²) in [5, 5.41) is 14.7. The molecule has 0 aliphatic carbocycles. The van der Waals surface area contributed by atoms with Crippen LogP contribution in [0, 0.1) is 5.92 Å². The Morgan fingerprint density at radius 2 is 1.39 bits per heavy atom. The van der Waals surface area contributed by atoms with Crippen molar-refractivity contribution < 1.29 is 43.3 Å². The van der Waals surface area contributed by atoms with E-state index in [-0.39, 0.29) is 31.8 Å². The fraction of sp³-hybridized carbons (Fsp3) is 0.343. The number of epoxide rings is 1. The Bertz CT molecular complexity index is 1510. The minimum atomic E-state index is -1.45. The van der Waals surface area contributed by atoms with Gasteiger partial charge in [0.1, 0.15) is 24.0 Å². The van der Waals surface area contributed by atoms with E-state index < -0.39 is 60.2 Å². The maximum absolute atomic E-state index is 13.9. The van der Waals surface area contributed by atoms with E-state index in [1.54, 1.807) is 55.5 Å². The van der Waals surface area contributed by atoms with Crippen molar-refractivity contribution in [2.24, 2.45) is 5.92 Å². The first-order valence-corrected chi connectivity index (χ1v) is 14.9. The van der Waals surface area contributed by atoms with Gasteiger partial charge in [0.2, 0.25) is 5.91 Å². The average Bonchev–Trinajstić information content (AvgIpc) is 3.81. The lowest BCUT2D eigenvalue weighted by atomic mass is 9.89. The van der Waals surface area contributed by atoms with Gasteiger partial charge in [-0.15, -0.1) is 0 Å². The largest absolute Gasteiger partial charge is 0.497 e. The van der Waals surface area contributed by atoms with Crippen LogP contribution in [0.1, 0.15) is 36.5 Å². The predicted molar refractivity (Wildman–Crippen MR) is 167 cm³/mol. The van der Waals surface area contributed by atoms with Gasteiger partial charge in [-0.2, -0.15) is 0 Å². The number of Topliss-reactive ketones (excluding diaryl/α,β-unsaturated/α-hetero) is 2. The van der Waals surface area contributed by atoms with Crippen LogP contribution in [-0.4, -0.2) is 66.0 Å². The molecule has 11 nitrogen and oxygen atoms in total. The second kappa shape index (κ2) is 15.8. The number of benzene rings is 3. The molecule has 46 heavy (non-hydrogen) atoms. The number of hydrogen-bond donors (Lipinski definition) is 3. The third-order valence-electron chi connectivity index (χ3n) is 7.75. The van der Waals surface area contributed by atoms with Gasteiger partial charge in [0.05, 0.1) is 26.2 Å². The van der Waals surface area contributed by atoms with Crippen molar-refractivity contribution in [1.29, 1.82) is 0 Å². The Kier molecular flexibility index (Phi) is 11.6. The van der Waals surface area contributed by atoms with E-state index in [1.165, 1.54) is 7.11 Å². The van der Waals surface area contributed by atoms with E-state index in [1.807, 2.05) is 36.4 Å². The van der Waals surface area contributed by atoms with Crippen LogP contribution >= 0.6 is 0 Å². The smallest absolute Gasteiger partial charge is 0.408 e. The topological polar surface area (TPSA) is 161 Å². The first-order valence-electron chi connectivity index (χ1n) is 14.9. The Morgan fingerprint density at radius 3 is 1.96 bits per heavy atom. The van der Waals surface area contributed by atoms with Crippen molar-refractivity contribution in [3.8, 4) is 5.75 Å². The lowest BCUT2D eigenvalue weighted by Crippen LogP contribution is -2.50. The molecule has 1 fully saturated rings. The Balaban J connectivity index is 1.52. The molecule has 4 unspecified atom stereocenters. The van der Waals surface area contributed by atoms with Gasteiger partial charge < -0.3 is 30.0 Å². The number of carbonyl (C=O) groups is 5. The molecular formula is C35H38N2O9. The number of rotatable bonds is 17. The van der Waals surface area contributed by atoms with Crippen molar-refractivity contribution in [2.45, 2.75) is 56.9 Å². The quantitative estimate of drug-likeness (QED) is 0.189. The molecule has 0 saturated carbocycles. The number of nitrogens with one attached hydrogen (secondary N) is 2. The van der Waals surface area contributed by atoms with E-state index in [2.05, 4.69) is 10.6 Å². The molecular weight excluding hydrogens is 592 g/mol. The zero-order valence-corrected chi connectivity index (χ0v) is 25.8. The Labute approximate surface area is 267 Å². The van der Waals surface area contributed by atoms with Crippen molar-refractivity contribution in [1.82, 2.24) is 10.6 Å². The van der Waals surface area contributed by atoms with Gasteiger partial charge in [0.15, 0.2) is 11.6 Å². The van der Waals surface area contributed by atoms with Gasteiger partial charge >= 0.3 is 12.1 Å². The molecule has 1 aliphatic heterocycles. The van der Waals surface area contributed by atoms with Crippen LogP contribution in [0.5, 0.6) is 5.75 Å². The highest BCUT2D eigenvalue weighted by molar-refractivity contribution is 5.98. The second-order valence-electron chi connectivity index (χ2n) is 11.4. The van der Waals surface area contributed by atoms with E-state index in [9.17, 15) is 29.1 Å². The number of aliphatic carboxylic acids is 1. The van der Waals surface area contributed by atoms with Gasteiger partial charge in [0, 0.05) is 12.3 Å². The average molecular weight is 631 g/mol. The Hall–Kier alpha value is -5.03. The van der Waals surface area contributed by atoms with Crippen LogP contribution in [-0.2, 0) is 48.1 Å². The standard InChI is InChI=1S/C35H38N2O9/c1-35(22-46-35)32(41)29(18-23-9-5-3-6-10-23)36-33(42)26(17-24-13-15-27(44-2)16-14-24)19-30(38)28(20-31(39)40)37-34(43)45-21-25-11-7-4-8-12-25/h3-16,26,28-29H,17-22H2,1-2H3,(H,36,42)(H,37,43)(H,39,40). The molecule has 4 atom stereocenters. The summed E-state index contributed by atoms with van der Waals surface area (Å²) in [7, 11) is 1.53. The maximum Gasteiger partial charge on any atom is 0.408 e. The van der Waals surface area contributed by atoms with Crippen molar-refractivity contribution in [3.63, 3.8) is 0 Å². The molecule has 242 valence electrons. The number of carboxylic acid groups (broad SMARTS) is 1. The first kappa shape index (κ1) is 33.9. The van der Waals surface area contributed by atoms with E-state index in [0.717, 1.165) is 5.56 Å². The minimum Gasteiger partial charge on any atom is -0.497 e. The molecule has 3 aromatic rings. The fourth-order valence-corrected chi connectivity index (χ4v) is 4.98. The molecule has 4 rings (SSSR count). The van der Waals surface area contributed by atoms with Crippen molar-refractivity contribution in [2.75, 3.05) is 13.7 Å². The first-order chi connectivity index (χ1) is 22.1. The van der Waals surface area contributed by atoms with Crippen LogP contribution in [0.4, 0.5) is 4.79 Å². The molecule has 0 bridgehead atoms. The highest BCUT2D eigenvalue weighted by Crippen LogP contribution is 2.29. The molecule has 0 aromatic heterocycles. The van der Waals surface area contributed by atoms with Gasteiger partial charge in [-0.3, -0.25) is 19.2 Å². The third-order valence-corrected chi connectivity index (χ3v) is 7.75. The molecule has 1 aliphatic rings. The number of amides is 2. The van der Waals surface area contributed by atoms with Crippen LogP contribution in [0.2, 0.25) is 0 Å². The highest BCUT2D eigenvalue weighted by atomic mass is 16.6. The summed E-state index contributed by atoms with van der Waals surface area (Å²) >= 11 is 0. The predicted octanol–water partition coefficient (Wildman–Crippen LogP) is 3.67. The lowest BCUT2D eigenvalue weighted by molar-refractivity contribution is -0.140. The highest BCUT2D eigenvalue weighted by Gasteiger charge is 2.50. The van der Waals surface area contributed by atoms with Gasteiger partial charge in [-0.1, -0.05) is 72.8 Å². The van der Waals surface area contributed by atoms with Crippen LogP contribution in [0.25, 0.3) is 0 Å². The number of ketones is 2. The SMILES string of the molecule is COc1ccc(CC(CC(=O)C(CC(=O)O)NC(=O)OCc2ccccc2)C(=O)NC(Cc2ccccc2)C(=O)C2(C)CO2)cc1. The summed E-state index contributed by atoms with van der Waals surface area (Å²) < 4.78 is 15.8. The lowest BCUT2D eigenvalue weighted by Gasteiger charge is -2.24. The van der Waals surface area contributed by atoms with Crippen LogP contribution in [0.15, 0.2) is 84.9 Å². The molecule has 0 radical (unpaired) electrons. The molecule has 1 heterocycles. The van der Waals surface area contributed by atoms with Crippen molar-refractivity contribution >= 4 is 29.5 Å². The number of methoxy groups -OCH3 is 1. The third kappa shape index (κ3) is 10.00. The second-order valence-corrected chi connectivity index (χ2v) is 11.4. The van der Waals surface area contributed by atoms with Gasteiger partial charge in [-0.05, 0) is 48.6 Å². The molecule has 3 N–H and O–H groups in total. The van der Waals surface area contributed by atoms with E-state index in [0.29, 0.717) is 16.9 Å². The monoisotopic (exact) mass is 630 g/mol. The maximum atomic E-state index is 13.9. The van der Waals surface area contributed by atoms with Crippen LogP contribution < -0.4 is 15.4 Å². The number of carboxylic acids is 1. The zero-order valence-electron chi connectivity index (χ0n) is 25.8. The molecule has 2 amide bonds. The minimum absolute atomic E-state index is 0.0807. The zero-order chi connectivity index (χ0) is 33.1. The summed E-state index contributed by atoms with van der Waals surface area (Å²) in [6.07, 6.45) is -1.77. The van der Waals surface area contributed by atoms with Gasteiger partial charge in [0.25, 0.3) is 0 Å². The summed E-state index contributed by atoms with van der Waals surface area (Å²) in [5.74, 6) is -3.24. The number of ether oxygens (including phenoxy) is 3. The van der Waals surface area contributed by atoms with Crippen molar-refractivity contribution in [3.05, 3.63) is 102 Å². The number of carbonyl (C=O) groups excluding carboxylic acids is 4. The molecule has 11 heteroatoms. The van der Waals surface area contributed by atoms with Gasteiger partial charge in [-0.25, -0.2) is 4.79 Å². The summed E-state index contributed by atoms with van der Waals surface area (Å²) in [5.41, 5.74) is 1.24.